The van der Waals surface area contributed by atoms with Gasteiger partial charge in [0.1, 0.15) is 11.5 Å². The second-order valence-corrected chi connectivity index (χ2v) is 7.82. The molecule has 198 valence electrons. The standard InChI is InChI=1S/C27H27N3O8/c1-5-37-19-12-16(25(31)32)18(13-20(19)38-6-2)30-23(27(34)36-4)22(26(33)35-3)21(17(14-28)24(30)29)15-10-8-7-9-11-15/h7-13,21H,5-6,29H2,1-4H3,(H,31,32). The topological polar surface area (TPSA) is 161 Å². The van der Waals surface area contributed by atoms with Crippen LogP contribution in [0.5, 0.6) is 11.5 Å². The van der Waals surface area contributed by atoms with Crippen LogP contribution in [0.15, 0.2) is 65.1 Å². The fourth-order valence-corrected chi connectivity index (χ4v) is 4.21. The summed E-state index contributed by atoms with van der Waals surface area (Å²) in [4.78, 5) is 39.9. The summed E-state index contributed by atoms with van der Waals surface area (Å²) < 4.78 is 21.2. The van der Waals surface area contributed by atoms with Crippen molar-refractivity contribution in [3.8, 4) is 17.6 Å². The fraction of sp³-hybridized carbons (Fsp3) is 0.259. The second kappa shape index (κ2) is 11.8. The van der Waals surface area contributed by atoms with Crippen molar-refractivity contribution in [3.05, 3.63) is 76.3 Å². The molecule has 1 atom stereocenters. The molecule has 0 fully saturated rings. The molecule has 0 spiro atoms. The largest absolute Gasteiger partial charge is 0.490 e. The Kier molecular flexibility index (Phi) is 8.60. The zero-order valence-corrected chi connectivity index (χ0v) is 21.3. The molecular weight excluding hydrogens is 494 g/mol. The van der Waals surface area contributed by atoms with Crippen molar-refractivity contribution in [1.29, 1.82) is 5.26 Å². The number of carboxylic acids is 1. The lowest BCUT2D eigenvalue weighted by molar-refractivity contribution is -0.139. The number of anilines is 1. The average Bonchev–Trinajstić information content (AvgIpc) is 2.92. The van der Waals surface area contributed by atoms with Crippen LogP contribution in [0.2, 0.25) is 0 Å². The molecule has 0 radical (unpaired) electrons. The molecule has 3 N–H and O–H groups in total. The molecule has 0 saturated carbocycles. The van der Waals surface area contributed by atoms with Crippen LogP contribution in [0.25, 0.3) is 0 Å². The van der Waals surface area contributed by atoms with E-state index < -0.39 is 29.5 Å². The summed E-state index contributed by atoms with van der Waals surface area (Å²) >= 11 is 0. The highest BCUT2D eigenvalue weighted by atomic mass is 16.5. The minimum Gasteiger partial charge on any atom is -0.490 e. The van der Waals surface area contributed by atoms with Crippen LogP contribution in [0.3, 0.4) is 0 Å². The van der Waals surface area contributed by atoms with Gasteiger partial charge in [0.05, 0.1) is 61.8 Å². The highest BCUT2D eigenvalue weighted by molar-refractivity contribution is 6.08. The van der Waals surface area contributed by atoms with Gasteiger partial charge in [0.2, 0.25) is 0 Å². The van der Waals surface area contributed by atoms with Crippen molar-refractivity contribution in [2.75, 3.05) is 32.3 Å². The molecule has 3 rings (SSSR count). The number of nitriles is 1. The van der Waals surface area contributed by atoms with Crippen molar-refractivity contribution in [2.45, 2.75) is 19.8 Å². The molecule has 1 unspecified atom stereocenters. The molecule has 1 heterocycles. The van der Waals surface area contributed by atoms with Gasteiger partial charge in [0.25, 0.3) is 0 Å². The van der Waals surface area contributed by atoms with E-state index in [9.17, 15) is 24.8 Å². The van der Waals surface area contributed by atoms with Gasteiger partial charge in [-0.3, -0.25) is 4.90 Å². The van der Waals surface area contributed by atoms with Crippen molar-refractivity contribution in [3.63, 3.8) is 0 Å². The summed E-state index contributed by atoms with van der Waals surface area (Å²) in [6, 6.07) is 13.0. The van der Waals surface area contributed by atoms with Crippen LogP contribution in [0, 0.1) is 11.3 Å². The SMILES string of the molecule is CCOc1cc(C(=O)O)c(N2C(N)=C(C#N)C(c3ccccc3)C(C(=O)OC)=C2C(=O)OC)cc1OCC. The molecule has 11 heteroatoms. The molecule has 2 aromatic carbocycles. The number of nitrogens with two attached hydrogens (primary N) is 1. The van der Waals surface area contributed by atoms with Crippen molar-refractivity contribution in [2.24, 2.45) is 5.73 Å². The zero-order valence-electron chi connectivity index (χ0n) is 21.3. The molecule has 2 aromatic rings. The normalized spacial score (nSPS) is 15.0. The number of carbonyl (C=O) groups is 3. The Hall–Kier alpha value is -4.98. The van der Waals surface area contributed by atoms with Crippen molar-refractivity contribution >= 4 is 23.6 Å². The third-order valence-corrected chi connectivity index (χ3v) is 5.74. The maximum absolute atomic E-state index is 13.3. The number of aromatic carboxylic acids is 1. The zero-order chi connectivity index (χ0) is 28.0. The highest BCUT2D eigenvalue weighted by Crippen LogP contribution is 2.46. The van der Waals surface area contributed by atoms with E-state index in [1.807, 2.05) is 6.07 Å². The monoisotopic (exact) mass is 521 g/mol. The third kappa shape index (κ3) is 4.97. The van der Waals surface area contributed by atoms with Gasteiger partial charge in [-0.25, -0.2) is 14.4 Å². The van der Waals surface area contributed by atoms with Gasteiger partial charge in [-0.1, -0.05) is 30.3 Å². The Bertz CT molecular complexity index is 1360. The molecular formula is C27H27N3O8. The molecule has 1 aliphatic rings. The van der Waals surface area contributed by atoms with Crippen molar-refractivity contribution < 1.29 is 38.4 Å². The van der Waals surface area contributed by atoms with Gasteiger partial charge in [-0.05, 0) is 19.4 Å². The summed E-state index contributed by atoms with van der Waals surface area (Å²) in [5.74, 6) is -4.38. The summed E-state index contributed by atoms with van der Waals surface area (Å²) in [5.41, 5.74) is 5.73. The van der Waals surface area contributed by atoms with Crippen LogP contribution in [-0.2, 0) is 19.1 Å². The van der Waals surface area contributed by atoms with Gasteiger partial charge in [0, 0.05) is 12.1 Å². The molecule has 0 bridgehead atoms. The fourth-order valence-electron chi connectivity index (χ4n) is 4.21. The quantitative estimate of drug-likeness (QED) is 0.466. The van der Waals surface area contributed by atoms with E-state index in [0.29, 0.717) is 5.56 Å². The van der Waals surface area contributed by atoms with Crippen LogP contribution in [0.4, 0.5) is 5.69 Å². The van der Waals surface area contributed by atoms with E-state index in [2.05, 4.69) is 0 Å². The number of rotatable bonds is 9. The molecule has 0 aliphatic carbocycles. The first kappa shape index (κ1) is 27.6. The number of carbonyl (C=O) groups excluding carboxylic acids is 2. The Morgan fingerprint density at radius 1 is 1.00 bits per heavy atom. The predicted molar refractivity (Wildman–Crippen MR) is 135 cm³/mol. The van der Waals surface area contributed by atoms with Crippen LogP contribution in [-0.4, -0.2) is 50.4 Å². The van der Waals surface area contributed by atoms with E-state index in [4.69, 9.17) is 24.7 Å². The number of nitrogens with zero attached hydrogens (tertiary/aromatic N) is 2. The lowest BCUT2D eigenvalue weighted by Gasteiger charge is -2.36. The number of carboxylic acid groups (broad SMARTS) is 1. The maximum atomic E-state index is 13.3. The number of hydrogen-bond acceptors (Lipinski definition) is 10. The minimum absolute atomic E-state index is 0.104. The van der Waals surface area contributed by atoms with Crippen molar-refractivity contribution in [1.82, 2.24) is 0 Å². The molecule has 1 aliphatic heterocycles. The predicted octanol–water partition coefficient (Wildman–Crippen LogP) is 3.08. The van der Waals surface area contributed by atoms with E-state index in [-0.39, 0.29) is 52.9 Å². The maximum Gasteiger partial charge on any atom is 0.355 e. The first-order valence-electron chi connectivity index (χ1n) is 11.6. The Labute approximate surface area is 219 Å². The number of benzene rings is 2. The van der Waals surface area contributed by atoms with Gasteiger partial charge < -0.3 is 29.8 Å². The number of esters is 2. The highest BCUT2D eigenvalue weighted by Gasteiger charge is 2.44. The van der Waals surface area contributed by atoms with Crippen LogP contribution >= 0.6 is 0 Å². The average molecular weight is 522 g/mol. The van der Waals surface area contributed by atoms with E-state index in [0.717, 1.165) is 19.1 Å². The number of allylic oxidation sites excluding steroid dienone is 1. The number of methoxy groups -OCH3 is 2. The van der Waals surface area contributed by atoms with E-state index in [1.165, 1.54) is 12.1 Å². The van der Waals surface area contributed by atoms with E-state index >= 15 is 0 Å². The van der Waals surface area contributed by atoms with Gasteiger partial charge in [-0.2, -0.15) is 5.26 Å². The summed E-state index contributed by atoms with van der Waals surface area (Å²) in [5, 5.41) is 20.3. The second-order valence-electron chi connectivity index (χ2n) is 7.82. The van der Waals surface area contributed by atoms with Gasteiger partial charge in [-0.15, -0.1) is 0 Å². The van der Waals surface area contributed by atoms with Gasteiger partial charge >= 0.3 is 17.9 Å². The summed E-state index contributed by atoms with van der Waals surface area (Å²) in [6.45, 7) is 3.88. The Balaban J connectivity index is 2.50. The van der Waals surface area contributed by atoms with Gasteiger partial charge in [0.15, 0.2) is 11.5 Å². The minimum atomic E-state index is -1.38. The van der Waals surface area contributed by atoms with Crippen LogP contribution < -0.4 is 20.1 Å². The lowest BCUT2D eigenvalue weighted by Crippen LogP contribution is -2.41. The molecule has 0 amide bonds. The summed E-state index contributed by atoms with van der Waals surface area (Å²) in [6.07, 6.45) is 0. The summed E-state index contributed by atoms with van der Waals surface area (Å²) in [7, 11) is 2.22. The molecule has 0 saturated heterocycles. The Morgan fingerprint density at radius 3 is 2.08 bits per heavy atom. The smallest absolute Gasteiger partial charge is 0.355 e. The first-order chi connectivity index (χ1) is 18.2. The molecule has 11 nitrogen and oxygen atoms in total. The number of hydrogen-bond donors (Lipinski definition) is 2. The molecule has 38 heavy (non-hydrogen) atoms. The third-order valence-electron chi connectivity index (χ3n) is 5.74. The Morgan fingerprint density at radius 2 is 1.58 bits per heavy atom. The number of ether oxygens (including phenoxy) is 4. The lowest BCUT2D eigenvalue weighted by atomic mass is 9.80. The van der Waals surface area contributed by atoms with Crippen LogP contribution in [0.1, 0.15) is 35.7 Å². The molecule has 0 aromatic heterocycles. The first-order valence-corrected chi connectivity index (χ1v) is 11.6. The van der Waals surface area contributed by atoms with E-state index in [1.54, 1.807) is 44.2 Å².